The monoisotopic (exact) mass is 301 g/mol. The van der Waals surface area contributed by atoms with Crippen LogP contribution in [0.2, 0.25) is 0 Å². The summed E-state index contributed by atoms with van der Waals surface area (Å²) in [5.41, 5.74) is 0.932. The van der Waals surface area contributed by atoms with Gasteiger partial charge in [0.2, 0.25) is 5.91 Å². The second-order valence-electron chi connectivity index (χ2n) is 3.75. The van der Waals surface area contributed by atoms with Crippen molar-refractivity contribution in [3.63, 3.8) is 0 Å². The molecule has 3 rings (SSSR count). The maximum Gasteiger partial charge on any atom is 0.244 e. The molecule has 1 aliphatic heterocycles. The number of thiazole rings is 1. The van der Waals surface area contributed by atoms with Crippen molar-refractivity contribution in [3.8, 4) is 0 Å². The van der Waals surface area contributed by atoms with Gasteiger partial charge in [-0.15, -0.1) is 24.2 Å². The Hall–Kier alpha value is -0.820. The van der Waals surface area contributed by atoms with Gasteiger partial charge in [-0.25, -0.2) is 4.98 Å². The third-order valence-corrected chi connectivity index (χ3v) is 4.45. The normalized spacial score (nSPS) is 18.6. The number of thioether (sulfide) groups is 1. The van der Waals surface area contributed by atoms with E-state index in [4.69, 9.17) is 0 Å². The third kappa shape index (κ3) is 2.77. The van der Waals surface area contributed by atoms with Crippen LogP contribution in [-0.2, 0) is 4.79 Å². The Balaban J connectivity index is 0.00000120. The highest BCUT2D eigenvalue weighted by molar-refractivity contribution is 7.99. The van der Waals surface area contributed by atoms with Crippen LogP contribution in [0, 0.1) is 0 Å². The van der Waals surface area contributed by atoms with Gasteiger partial charge in [0.15, 0.2) is 5.13 Å². The van der Waals surface area contributed by atoms with E-state index in [1.807, 2.05) is 24.3 Å². The molecule has 1 unspecified atom stereocenters. The molecule has 0 spiro atoms. The average Bonchev–Trinajstić information content (AvgIpc) is 2.97. The number of amides is 1. The lowest BCUT2D eigenvalue weighted by molar-refractivity contribution is -0.117. The smallest absolute Gasteiger partial charge is 0.244 e. The summed E-state index contributed by atoms with van der Waals surface area (Å²) >= 11 is 3.24. The Kier molecular flexibility index (Phi) is 4.45. The van der Waals surface area contributed by atoms with Crippen LogP contribution in [0.25, 0.3) is 10.2 Å². The molecule has 96 valence electrons. The zero-order valence-corrected chi connectivity index (χ0v) is 11.8. The van der Waals surface area contributed by atoms with Crippen molar-refractivity contribution >= 4 is 56.8 Å². The molecule has 1 saturated heterocycles. The molecule has 1 amide bonds. The predicted octanol–water partition coefficient (Wildman–Crippen LogP) is 2.32. The molecular weight excluding hydrogens is 290 g/mol. The number of rotatable bonds is 2. The SMILES string of the molecule is Cl.O=C(Nc1nc2ccccc2s1)C1CSCN1. The fourth-order valence-corrected chi connectivity index (χ4v) is 3.49. The summed E-state index contributed by atoms with van der Waals surface area (Å²) in [6, 6.07) is 7.79. The van der Waals surface area contributed by atoms with Crippen molar-refractivity contribution in [2.45, 2.75) is 6.04 Å². The highest BCUT2D eigenvalue weighted by Crippen LogP contribution is 2.25. The van der Waals surface area contributed by atoms with Crippen molar-refractivity contribution in [2.75, 3.05) is 16.9 Å². The lowest BCUT2D eigenvalue weighted by atomic mass is 10.3. The van der Waals surface area contributed by atoms with Gasteiger partial charge in [-0.3, -0.25) is 10.1 Å². The van der Waals surface area contributed by atoms with E-state index in [9.17, 15) is 4.79 Å². The van der Waals surface area contributed by atoms with Gasteiger partial charge in [0.25, 0.3) is 0 Å². The van der Waals surface area contributed by atoms with Gasteiger partial charge < -0.3 is 5.32 Å². The summed E-state index contributed by atoms with van der Waals surface area (Å²) in [6.07, 6.45) is 0. The van der Waals surface area contributed by atoms with E-state index in [-0.39, 0.29) is 24.4 Å². The molecule has 1 fully saturated rings. The molecule has 2 heterocycles. The number of carbonyl (C=O) groups is 1. The summed E-state index contributed by atoms with van der Waals surface area (Å²) in [4.78, 5) is 16.2. The minimum absolute atomic E-state index is 0. The first-order valence-corrected chi connectivity index (χ1v) is 7.27. The molecule has 18 heavy (non-hydrogen) atoms. The minimum atomic E-state index is -0.0907. The van der Waals surface area contributed by atoms with Crippen molar-refractivity contribution in [3.05, 3.63) is 24.3 Å². The maximum absolute atomic E-state index is 11.9. The molecule has 2 N–H and O–H groups in total. The van der Waals surface area contributed by atoms with E-state index in [0.29, 0.717) is 5.13 Å². The van der Waals surface area contributed by atoms with Crippen LogP contribution >= 0.6 is 35.5 Å². The second kappa shape index (κ2) is 5.88. The number of para-hydroxylation sites is 1. The van der Waals surface area contributed by atoms with Crippen molar-refractivity contribution < 1.29 is 4.79 Å². The lowest BCUT2D eigenvalue weighted by Crippen LogP contribution is -2.37. The van der Waals surface area contributed by atoms with E-state index in [0.717, 1.165) is 21.8 Å². The van der Waals surface area contributed by atoms with Crippen LogP contribution in [0.5, 0.6) is 0 Å². The molecule has 4 nitrogen and oxygen atoms in total. The number of aromatic nitrogens is 1. The molecule has 0 bridgehead atoms. The Morgan fingerprint density at radius 3 is 3.00 bits per heavy atom. The van der Waals surface area contributed by atoms with Gasteiger partial charge in [0.1, 0.15) is 0 Å². The number of halogens is 1. The molecule has 1 aromatic heterocycles. The number of carbonyl (C=O) groups excluding carboxylic acids is 1. The Morgan fingerprint density at radius 1 is 1.44 bits per heavy atom. The summed E-state index contributed by atoms with van der Waals surface area (Å²) in [5, 5.41) is 6.68. The first kappa shape index (κ1) is 13.6. The Labute approximate surface area is 119 Å². The number of anilines is 1. The zero-order chi connectivity index (χ0) is 11.7. The van der Waals surface area contributed by atoms with Gasteiger partial charge >= 0.3 is 0 Å². The second-order valence-corrected chi connectivity index (χ2v) is 5.81. The average molecular weight is 302 g/mol. The highest BCUT2D eigenvalue weighted by Gasteiger charge is 2.23. The highest BCUT2D eigenvalue weighted by atomic mass is 35.5. The fraction of sp³-hybridized carbons (Fsp3) is 0.273. The summed E-state index contributed by atoms with van der Waals surface area (Å²) in [6.45, 7) is 0. The molecule has 2 aromatic rings. The summed E-state index contributed by atoms with van der Waals surface area (Å²) < 4.78 is 1.09. The summed E-state index contributed by atoms with van der Waals surface area (Å²) in [7, 11) is 0. The largest absolute Gasteiger partial charge is 0.301 e. The van der Waals surface area contributed by atoms with Gasteiger partial charge in [-0.05, 0) is 12.1 Å². The Morgan fingerprint density at radius 2 is 2.28 bits per heavy atom. The first-order valence-electron chi connectivity index (χ1n) is 5.30. The number of nitrogens with zero attached hydrogens (tertiary/aromatic N) is 1. The molecule has 7 heteroatoms. The first-order chi connectivity index (χ1) is 8.33. The van der Waals surface area contributed by atoms with Crippen LogP contribution in [0.15, 0.2) is 24.3 Å². The molecule has 0 aliphatic carbocycles. The molecule has 1 aliphatic rings. The van der Waals surface area contributed by atoms with E-state index in [2.05, 4.69) is 15.6 Å². The van der Waals surface area contributed by atoms with Gasteiger partial charge in [0, 0.05) is 11.6 Å². The van der Waals surface area contributed by atoms with Crippen molar-refractivity contribution in [2.24, 2.45) is 0 Å². The fourth-order valence-electron chi connectivity index (χ4n) is 1.68. The van der Waals surface area contributed by atoms with Gasteiger partial charge in [-0.1, -0.05) is 23.5 Å². The number of hydrogen-bond donors (Lipinski definition) is 2. The van der Waals surface area contributed by atoms with Crippen molar-refractivity contribution in [1.29, 1.82) is 0 Å². The zero-order valence-electron chi connectivity index (χ0n) is 9.38. The van der Waals surface area contributed by atoms with Crippen LogP contribution in [0.1, 0.15) is 0 Å². The van der Waals surface area contributed by atoms with Gasteiger partial charge in [-0.2, -0.15) is 0 Å². The topological polar surface area (TPSA) is 54.0 Å². The van der Waals surface area contributed by atoms with Crippen LogP contribution in [0.3, 0.4) is 0 Å². The Bertz CT molecular complexity index is 521. The quantitative estimate of drug-likeness (QED) is 0.894. The van der Waals surface area contributed by atoms with Crippen LogP contribution < -0.4 is 10.6 Å². The van der Waals surface area contributed by atoms with Crippen molar-refractivity contribution in [1.82, 2.24) is 10.3 Å². The maximum atomic E-state index is 11.9. The van der Waals surface area contributed by atoms with Crippen LogP contribution in [0.4, 0.5) is 5.13 Å². The molecule has 1 atom stereocenters. The predicted molar refractivity (Wildman–Crippen MR) is 79.7 cm³/mol. The molecule has 1 aromatic carbocycles. The number of hydrogen-bond acceptors (Lipinski definition) is 5. The minimum Gasteiger partial charge on any atom is -0.301 e. The summed E-state index contributed by atoms with van der Waals surface area (Å²) in [5.74, 6) is 1.68. The molecule has 0 saturated carbocycles. The third-order valence-electron chi connectivity index (χ3n) is 2.56. The van der Waals surface area contributed by atoms with Gasteiger partial charge in [0.05, 0.1) is 16.3 Å². The molecule has 0 radical (unpaired) electrons. The van der Waals surface area contributed by atoms with E-state index in [1.54, 1.807) is 11.8 Å². The van der Waals surface area contributed by atoms with E-state index >= 15 is 0 Å². The van der Waals surface area contributed by atoms with E-state index < -0.39 is 0 Å². The number of benzene rings is 1. The number of nitrogens with one attached hydrogen (secondary N) is 2. The number of fused-ring (bicyclic) bond motifs is 1. The molecular formula is C11H12ClN3OS2. The lowest BCUT2D eigenvalue weighted by Gasteiger charge is -2.07. The standard InChI is InChI=1S/C11H11N3OS2.ClH/c15-10(8-5-16-6-12-8)14-11-13-7-3-1-2-4-9(7)17-11;/h1-4,8,12H,5-6H2,(H,13,14,15);1H. The van der Waals surface area contributed by atoms with E-state index in [1.165, 1.54) is 11.3 Å². The van der Waals surface area contributed by atoms with Crippen LogP contribution in [-0.4, -0.2) is 28.6 Å².